The summed E-state index contributed by atoms with van der Waals surface area (Å²) in [6, 6.07) is 13.3. The molecule has 2 aromatic rings. The molecule has 0 unspecified atom stereocenters. The molecule has 3 heterocycles. The van der Waals surface area contributed by atoms with E-state index >= 15 is 0 Å². The van der Waals surface area contributed by atoms with Crippen LogP contribution in [0.4, 0.5) is 5.69 Å². The summed E-state index contributed by atoms with van der Waals surface area (Å²) in [6.07, 6.45) is 5.23. The van der Waals surface area contributed by atoms with Gasteiger partial charge in [-0.3, -0.25) is 19.4 Å². The van der Waals surface area contributed by atoms with E-state index in [0.717, 1.165) is 11.1 Å². The molecule has 6 heteroatoms. The number of anilines is 1. The molecule has 0 spiro atoms. The number of aryl methyl sites for hydroxylation is 2. The number of imide groups is 1. The van der Waals surface area contributed by atoms with Crippen LogP contribution in [0.15, 0.2) is 65.8 Å². The van der Waals surface area contributed by atoms with Gasteiger partial charge in [0.25, 0.3) is 0 Å². The lowest BCUT2D eigenvalue weighted by Gasteiger charge is -2.30. The van der Waals surface area contributed by atoms with Gasteiger partial charge in [-0.05, 0) is 31.6 Å². The Morgan fingerprint density at radius 2 is 1.70 bits per heavy atom. The maximum atomic E-state index is 13.6. The maximum Gasteiger partial charge on any atom is 0.240 e. The fourth-order valence-electron chi connectivity index (χ4n) is 4.90. The van der Waals surface area contributed by atoms with Gasteiger partial charge < -0.3 is 0 Å². The summed E-state index contributed by atoms with van der Waals surface area (Å²) in [4.78, 5) is 41.8. The van der Waals surface area contributed by atoms with E-state index in [0.29, 0.717) is 11.3 Å². The minimum Gasteiger partial charge on any atom is -0.292 e. The average molecular weight is 399 g/mol. The van der Waals surface area contributed by atoms with Gasteiger partial charge in [0, 0.05) is 11.8 Å². The first-order chi connectivity index (χ1) is 14.5. The summed E-state index contributed by atoms with van der Waals surface area (Å²) in [7, 11) is 0. The molecule has 2 amide bonds. The van der Waals surface area contributed by atoms with Gasteiger partial charge in [-0.1, -0.05) is 54.1 Å². The number of allylic oxidation sites excluding steroid dienone is 1. The summed E-state index contributed by atoms with van der Waals surface area (Å²) >= 11 is 0. The Morgan fingerprint density at radius 3 is 2.43 bits per heavy atom. The molecule has 2 saturated heterocycles. The third kappa shape index (κ3) is 2.56. The molecule has 0 N–H and O–H groups in total. The molecule has 2 fully saturated rings. The zero-order chi connectivity index (χ0) is 21.0. The average Bonchev–Trinajstić information content (AvgIpc) is 3.22. The lowest BCUT2D eigenvalue weighted by atomic mass is 9.86. The minimum absolute atomic E-state index is 0.191. The van der Waals surface area contributed by atoms with Crippen molar-refractivity contribution in [2.75, 3.05) is 4.90 Å². The van der Waals surface area contributed by atoms with E-state index in [-0.39, 0.29) is 17.6 Å². The van der Waals surface area contributed by atoms with Crippen molar-refractivity contribution in [3.8, 4) is 0 Å². The summed E-state index contributed by atoms with van der Waals surface area (Å²) in [5.41, 5.74) is 3.02. The molecule has 0 aromatic heterocycles. The first kappa shape index (κ1) is 18.5. The lowest BCUT2D eigenvalue weighted by molar-refractivity contribution is -0.123. The molecule has 0 bridgehead atoms. The van der Waals surface area contributed by atoms with Crippen LogP contribution in [-0.4, -0.2) is 40.9 Å². The number of hydrazone groups is 1. The Hall–Kier alpha value is -3.54. The van der Waals surface area contributed by atoms with E-state index in [1.54, 1.807) is 41.6 Å². The van der Waals surface area contributed by atoms with Crippen LogP contribution in [0.25, 0.3) is 0 Å². The van der Waals surface area contributed by atoms with E-state index in [1.165, 1.54) is 4.90 Å². The molecule has 0 saturated carbocycles. The zero-order valence-corrected chi connectivity index (χ0v) is 16.7. The smallest absolute Gasteiger partial charge is 0.240 e. The molecule has 5 rings (SSSR count). The lowest BCUT2D eigenvalue weighted by Crippen LogP contribution is -2.46. The number of carbonyl (C=O) groups excluding carboxylic acids is 3. The molecule has 3 aliphatic rings. The number of ketones is 1. The number of hydrogen-bond acceptors (Lipinski definition) is 5. The summed E-state index contributed by atoms with van der Waals surface area (Å²) in [6.45, 7) is 3.86. The molecule has 2 aromatic carbocycles. The summed E-state index contributed by atoms with van der Waals surface area (Å²) < 4.78 is 0. The number of rotatable bonds is 3. The van der Waals surface area contributed by atoms with Gasteiger partial charge in [0.05, 0.1) is 23.6 Å². The molecule has 4 atom stereocenters. The highest BCUT2D eigenvalue weighted by molar-refractivity contribution is 6.25. The highest BCUT2D eigenvalue weighted by Gasteiger charge is 2.64. The number of benzene rings is 2. The van der Waals surface area contributed by atoms with E-state index in [4.69, 9.17) is 0 Å². The number of carbonyl (C=O) groups is 3. The van der Waals surface area contributed by atoms with Gasteiger partial charge in [-0.2, -0.15) is 5.10 Å². The predicted octanol–water partition coefficient (Wildman–Crippen LogP) is 2.90. The zero-order valence-electron chi connectivity index (χ0n) is 16.7. The van der Waals surface area contributed by atoms with Crippen LogP contribution < -0.4 is 4.90 Å². The normalized spacial score (nSPS) is 26.9. The van der Waals surface area contributed by atoms with Crippen molar-refractivity contribution in [1.29, 1.82) is 0 Å². The highest BCUT2D eigenvalue weighted by Crippen LogP contribution is 2.46. The molecule has 150 valence electrons. The number of fused-ring (bicyclic) bond motifs is 3. The van der Waals surface area contributed by atoms with Crippen molar-refractivity contribution < 1.29 is 14.4 Å². The number of Topliss-reactive ketones (excluding diaryl/α,β-unsaturated/α-hetero) is 1. The number of nitrogens with zero attached hydrogens (tertiary/aromatic N) is 3. The van der Waals surface area contributed by atoms with E-state index in [1.807, 2.05) is 44.2 Å². The predicted molar refractivity (Wildman–Crippen MR) is 113 cm³/mol. The molecule has 6 nitrogen and oxygen atoms in total. The van der Waals surface area contributed by atoms with Gasteiger partial charge in [-0.15, -0.1) is 0 Å². The van der Waals surface area contributed by atoms with Crippen LogP contribution in [0.2, 0.25) is 0 Å². The largest absolute Gasteiger partial charge is 0.292 e. The maximum absolute atomic E-state index is 13.6. The summed E-state index contributed by atoms with van der Waals surface area (Å²) in [5.74, 6) is -2.19. The SMILES string of the molecule is Cc1ccc(N2C(=O)[C@@H]3[C@@H](C2=O)[C@@H](C(=O)c2ccccc2)N2N=CC=C[C@H]32)c(C)c1. The molecule has 3 aliphatic heterocycles. The Bertz CT molecular complexity index is 1120. The van der Waals surface area contributed by atoms with Crippen LogP contribution in [0.3, 0.4) is 0 Å². The van der Waals surface area contributed by atoms with Gasteiger partial charge in [-0.25, -0.2) is 4.90 Å². The second kappa shape index (κ2) is 6.76. The van der Waals surface area contributed by atoms with Gasteiger partial charge in [0.2, 0.25) is 11.8 Å². The standard InChI is InChI=1S/C24H21N3O3/c1-14-10-11-17(15(2)13-14)26-23(29)19-18-9-6-12-25-27(18)21(20(19)24(26)30)22(28)16-7-4-3-5-8-16/h3-13,18-21H,1-2H3/t18-,19+,20-,21+/m1/s1. The quantitative estimate of drug-likeness (QED) is 0.588. The third-order valence-electron chi connectivity index (χ3n) is 6.21. The van der Waals surface area contributed by atoms with E-state index in [9.17, 15) is 14.4 Å². The van der Waals surface area contributed by atoms with E-state index < -0.39 is 23.9 Å². The van der Waals surface area contributed by atoms with Crippen LogP contribution >= 0.6 is 0 Å². The van der Waals surface area contributed by atoms with E-state index in [2.05, 4.69) is 5.10 Å². The molecule has 0 radical (unpaired) electrons. The second-order valence-corrected chi connectivity index (χ2v) is 8.05. The monoisotopic (exact) mass is 399 g/mol. The van der Waals surface area contributed by atoms with Crippen molar-refractivity contribution in [1.82, 2.24) is 5.01 Å². The molecular weight excluding hydrogens is 378 g/mol. The van der Waals surface area contributed by atoms with Crippen LogP contribution in [0, 0.1) is 25.7 Å². The first-order valence-electron chi connectivity index (χ1n) is 10.0. The topological polar surface area (TPSA) is 70.1 Å². The van der Waals surface area contributed by atoms with Gasteiger partial charge in [0.1, 0.15) is 6.04 Å². The number of amides is 2. The molecule has 30 heavy (non-hydrogen) atoms. The highest BCUT2D eigenvalue weighted by atomic mass is 16.2. The first-order valence-corrected chi connectivity index (χ1v) is 10.0. The number of hydrogen-bond donors (Lipinski definition) is 0. The van der Waals surface area contributed by atoms with Crippen molar-refractivity contribution in [2.24, 2.45) is 16.9 Å². The Morgan fingerprint density at radius 1 is 0.967 bits per heavy atom. The molecule has 0 aliphatic carbocycles. The Kier molecular flexibility index (Phi) is 4.17. The van der Waals surface area contributed by atoms with Crippen molar-refractivity contribution in [3.63, 3.8) is 0 Å². The second-order valence-electron chi connectivity index (χ2n) is 8.05. The third-order valence-corrected chi connectivity index (χ3v) is 6.21. The van der Waals surface area contributed by atoms with Crippen LogP contribution in [-0.2, 0) is 9.59 Å². The van der Waals surface area contributed by atoms with Crippen molar-refractivity contribution in [2.45, 2.75) is 25.9 Å². The van der Waals surface area contributed by atoms with Gasteiger partial charge in [0.15, 0.2) is 5.78 Å². The Labute approximate surface area is 174 Å². The fourth-order valence-corrected chi connectivity index (χ4v) is 4.90. The van der Waals surface area contributed by atoms with Crippen LogP contribution in [0.1, 0.15) is 21.5 Å². The molecular formula is C24H21N3O3. The van der Waals surface area contributed by atoms with Crippen molar-refractivity contribution >= 4 is 29.5 Å². The fraction of sp³-hybridized carbons (Fsp3) is 0.250. The van der Waals surface area contributed by atoms with Crippen LogP contribution in [0.5, 0.6) is 0 Å². The summed E-state index contributed by atoms with van der Waals surface area (Å²) in [5, 5.41) is 6.01. The Balaban J connectivity index is 1.60. The minimum atomic E-state index is -0.809. The van der Waals surface area contributed by atoms with Gasteiger partial charge >= 0.3 is 0 Å². The van der Waals surface area contributed by atoms with Crippen molar-refractivity contribution in [3.05, 3.63) is 77.4 Å².